The number of hydrogen-bond acceptors (Lipinski definition) is 3. The molecule has 5 nitrogen and oxygen atoms in total. The Kier molecular flexibility index (Phi) is 4.59. The summed E-state index contributed by atoms with van der Waals surface area (Å²) in [5.41, 5.74) is -0.601. The summed E-state index contributed by atoms with van der Waals surface area (Å²) in [7, 11) is 0. The van der Waals surface area contributed by atoms with Crippen LogP contribution in [0.4, 0.5) is 0 Å². The molecular formula is C16H26N2O3. The molecule has 0 bridgehead atoms. The molecule has 0 amide bonds. The summed E-state index contributed by atoms with van der Waals surface area (Å²) < 4.78 is 1.37. The molecule has 0 unspecified atom stereocenters. The molecule has 118 valence electrons. The normalized spacial score (nSPS) is 17.5. The van der Waals surface area contributed by atoms with E-state index in [1.54, 1.807) is 6.92 Å². The van der Waals surface area contributed by atoms with E-state index in [2.05, 4.69) is 18.8 Å². The molecule has 0 spiro atoms. The van der Waals surface area contributed by atoms with Crippen LogP contribution in [0.2, 0.25) is 0 Å². The highest BCUT2D eigenvalue weighted by Gasteiger charge is 2.36. The molecule has 0 radical (unpaired) electrons. The minimum absolute atomic E-state index is 0.0682. The van der Waals surface area contributed by atoms with Gasteiger partial charge in [0.15, 0.2) is 0 Å². The van der Waals surface area contributed by atoms with Crippen molar-refractivity contribution in [2.75, 3.05) is 0 Å². The maximum Gasteiger partial charge on any atom is 0.331 e. The summed E-state index contributed by atoms with van der Waals surface area (Å²) in [5.74, 6) is 0.399. The number of nitrogens with one attached hydrogen (secondary N) is 1. The van der Waals surface area contributed by atoms with Crippen LogP contribution >= 0.6 is 0 Å². The highest BCUT2D eigenvalue weighted by Crippen LogP contribution is 2.44. The molecule has 1 heterocycles. The van der Waals surface area contributed by atoms with Gasteiger partial charge in [-0.25, -0.2) is 4.79 Å². The Labute approximate surface area is 125 Å². The third-order valence-electron chi connectivity index (χ3n) is 4.62. The smallest absolute Gasteiger partial charge is 0.331 e. The summed E-state index contributed by atoms with van der Waals surface area (Å²) in [6, 6.07) is 0. The van der Waals surface area contributed by atoms with Crippen molar-refractivity contribution in [3.8, 4) is 5.88 Å². The van der Waals surface area contributed by atoms with E-state index in [1.807, 2.05) is 0 Å². The Bertz CT molecular complexity index is 607. The molecule has 0 saturated heterocycles. The Morgan fingerprint density at radius 1 is 1.29 bits per heavy atom. The van der Waals surface area contributed by atoms with Crippen LogP contribution in [-0.4, -0.2) is 14.7 Å². The molecular weight excluding hydrogens is 268 g/mol. The monoisotopic (exact) mass is 294 g/mol. The number of aromatic amines is 1. The second kappa shape index (κ2) is 6.08. The fraction of sp³-hybridized carbons (Fsp3) is 0.750. The van der Waals surface area contributed by atoms with Gasteiger partial charge in [0.05, 0.1) is 5.56 Å². The Balaban J connectivity index is 2.42. The molecule has 0 aliphatic heterocycles. The molecule has 2 N–H and O–H groups in total. The maximum atomic E-state index is 12.1. The van der Waals surface area contributed by atoms with Crippen molar-refractivity contribution in [2.45, 2.75) is 65.8 Å². The lowest BCUT2D eigenvalue weighted by Gasteiger charge is -2.32. The zero-order valence-electron chi connectivity index (χ0n) is 13.2. The van der Waals surface area contributed by atoms with E-state index >= 15 is 0 Å². The van der Waals surface area contributed by atoms with Gasteiger partial charge in [-0.05, 0) is 37.0 Å². The predicted octanol–water partition coefficient (Wildman–Crippen LogP) is 2.41. The first kappa shape index (κ1) is 15.9. The van der Waals surface area contributed by atoms with Crippen LogP contribution in [0.3, 0.4) is 0 Å². The lowest BCUT2D eigenvalue weighted by atomic mass is 9.78. The van der Waals surface area contributed by atoms with Gasteiger partial charge >= 0.3 is 5.69 Å². The standard InChI is InChI=1S/C16H26N2O3/c1-4-12-13(19)17-15(21)18(14(12)20)10-16(9-11(2)3)7-5-6-8-16/h11,20H,4-10H2,1-3H3,(H,17,19,21). The van der Waals surface area contributed by atoms with Crippen molar-refractivity contribution >= 4 is 0 Å². The maximum absolute atomic E-state index is 12.1. The van der Waals surface area contributed by atoms with Crippen molar-refractivity contribution in [1.29, 1.82) is 0 Å². The van der Waals surface area contributed by atoms with Crippen LogP contribution in [-0.2, 0) is 13.0 Å². The van der Waals surface area contributed by atoms with E-state index in [0.717, 1.165) is 19.3 Å². The minimum Gasteiger partial charge on any atom is -0.494 e. The highest BCUT2D eigenvalue weighted by molar-refractivity contribution is 5.22. The minimum atomic E-state index is -0.496. The number of hydrogen-bond donors (Lipinski definition) is 2. The molecule has 1 aromatic heterocycles. The Morgan fingerprint density at radius 2 is 1.90 bits per heavy atom. The number of aromatic nitrogens is 2. The first-order valence-corrected chi connectivity index (χ1v) is 7.93. The van der Waals surface area contributed by atoms with Crippen molar-refractivity contribution in [3.63, 3.8) is 0 Å². The van der Waals surface area contributed by atoms with E-state index in [0.29, 0.717) is 24.4 Å². The van der Waals surface area contributed by atoms with Gasteiger partial charge in [-0.1, -0.05) is 33.6 Å². The molecule has 0 aromatic carbocycles. The van der Waals surface area contributed by atoms with Gasteiger partial charge < -0.3 is 5.11 Å². The molecule has 5 heteroatoms. The molecule has 1 aliphatic carbocycles. The van der Waals surface area contributed by atoms with Crippen LogP contribution in [0, 0.1) is 11.3 Å². The molecule has 1 aromatic rings. The Hall–Kier alpha value is -1.52. The van der Waals surface area contributed by atoms with Gasteiger partial charge in [-0.2, -0.15) is 0 Å². The fourth-order valence-electron chi connectivity index (χ4n) is 3.82. The van der Waals surface area contributed by atoms with Gasteiger partial charge in [0.2, 0.25) is 5.88 Å². The second-order valence-electron chi connectivity index (χ2n) is 6.81. The Morgan fingerprint density at radius 3 is 2.43 bits per heavy atom. The number of nitrogens with zero attached hydrogens (tertiary/aromatic N) is 1. The van der Waals surface area contributed by atoms with Crippen molar-refractivity contribution in [1.82, 2.24) is 9.55 Å². The van der Waals surface area contributed by atoms with Crippen LogP contribution < -0.4 is 11.2 Å². The first-order chi connectivity index (χ1) is 9.88. The summed E-state index contributed by atoms with van der Waals surface area (Å²) >= 11 is 0. The van der Waals surface area contributed by atoms with E-state index in [-0.39, 0.29) is 11.3 Å². The van der Waals surface area contributed by atoms with Gasteiger partial charge in [0.1, 0.15) is 0 Å². The van der Waals surface area contributed by atoms with E-state index in [1.165, 1.54) is 17.4 Å². The molecule has 1 fully saturated rings. The number of H-pyrrole nitrogens is 1. The van der Waals surface area contributed by atoms with Crippen molar-refractivity contribution in [3.05, 3.63) is 26.4 Å². The topological polar surface area (TPSA) is 75.1 Å². The van der Waals surface area contributed by atoms with Gasteiger partial charge in [0, 0.05) is 6.54 Å². The van der Waals surface area contributed by atoms with Gasteiger partial charge in [-0.15, -0.1) is 0 Å². The summed E-state index contributed by atoms with van der Waals surface area (Å²) in [5, 5.41) is 10.3. The lowest BCUT2D eigenvalue weighted by molar-refractivity contribution is 0.184. The SMILES string of the molecule is CCc1c(O)n(CC2(CC(C)C)CCCC2)c(=O)[nH]c1=O. The van der Waals surface area contributed by atoms with Crippen LogP contribution in [0.1, 0.15) is 58.4 Å². The highest BCUT2D eigenvalue weighted by atomic mass is 16.3. The van der Waals surface area contributed by atoms with Crippen LogP contribution in [0.25, 0.3) is 0 Å². The largest absolute Gasteiger partial charge is 0.494 e. The number of aromatic hydroxyl groups is 1. The number of rotatable bonds is 5. The average Bonchev–Trinajstić information content (AvgIpc) is 2.82. The van der Waals surface area contributed by atoms with E-state index < -0.39 is 11.2 Å². The summed E-state index contributed by atoms with van der Waals surface area (Å²) in [6.07, 6.45) is 5.96. The molecule has 1 aliphatic rings. The molecule has 1 saturated carbocycles. The summed E-state index contributed by atoms with van der Waals surface area (Å²) in [4.78, 5) is 26.1. The second-order valence-corrected chi connectivity index (χ2v) is 6.81. The average molecular weight is 294 g/mol. The first-order valence-electron chi connectivity index (χ1n) is 7.93. The van der Waals surface area contributed by atoms with Crippen LogP contribution in [0.15, 0.2) is 9.59 Å². The van der Waals surface area contributed by atoms with E-state index in [9.17, 15) is 14.7 Å². The molecule has 0 atom stereocenters. The predicted molar refractivity (Wildman–Crippen MR) is 82.7 cm³/mol. The third kappa shape index (κ3) is 3.22. The lowest BCUT2D eigenvalue weighted by Crippen LogP contribution is -2.37. The third-order valence-corrected chi connectivity index (χ3v) is 4.62. The molecule has 2 rings (SSSR count). The van der Waals surface area contributed by atoms with Gasteiger partial charge in [-0.3, -0.25) is 14.3 Å². The summed E-state index contributed by atoms with van der Waals surface area (Å²) in [6.45, 7) is 6.68. The van der Waals surface area contributed by atoms with Crippen molar-refractivity contribution in [2.24, 2.45) is 11.3 Å². The molecule has 21 heavy (non-hydrogen) atoms. The van der Waals surface area contributed by atoms with Crippen LogP contribution in [0.5, 0.6) is 5.88 Å². The zero-order chi connectivity index (χ0) is 15.6. The van der Waals surface area contributed by atoms with E-state index in [4.69, 9.17) is 0 Å². The van der Waals surface area contributed by atoms with Gasteiger partial charge in [0.25, 0.3) is 5.56 Å². The quantitative estimate of drug-likeness (QED) is 0.875. The van der Waals surface area contributed by atoms with Crippen molar-refractivity contribution < 1.29 is 5.11 Å². The fourth-order valence-corrected chi connectivity index (χ4v) is 3.82. The zero-order valence-corrected chi connectivity index (χ0v) is 13.2.